The first-order valence-corrected chi connectivity index (χ1v) is 4.73. The van der Waals surface area contributed by atoms with Crippen LogP contribution in [0, 0.1) is 0 Å². The average Bonchev–Trinajstić information content (AvgIpc) is 2.33. The van der Waals surface area contributed by atoms with Crippen LogP contribution in [0.15, 0.2) is 0 Å². The van der Waals surface area contributed by atoms with Gasteiger partial charge in [-0.1, -0.05) is 0 Å². The molecule has 0 saturated carbocycles. The monoisotopic (exact) mass is 195 g/mol. The van der Waals surface area contributed by atoms with Gasteiger partial charge in [-0.05, 0) is 39.2 Å². The van der Waals surface area contributed by atoms with Crippen molar-refractivity contribution in [1.29, 1.82) is 0 Å². The van der Waals surface area contributed by atoms with Gasteiger partial charge in [0, 0.05) is 12.0 Å². The molecule has 1 saturated heterocycles. The molecule has 1 nitrogen and oxygen atoms in total. The van der Waals surface area contributed by atoms with Gasteiger partial charge in [0.1, 0.15) is 0 Å². The smallest absolute Gasteiger partial charge is 0.312 e. The Morgan fingerprint density at radius 3 is 2.54 bits per heavy atom. The molecule has 4 heteroatoms. The molecule has 78 valence electrons. The molecular weight excluding hydrogens is 179 g/mol. The number of alkyl halides is 3. The molecule has 0 spiro atoms. The number of nitrogens with one attached hydrogen (secondary N) is 1. The van der Waals surface area contributed by atoms with Gasteiger partial charge in [0.25, 0.3) is 0 Å². The molecule has 1 fully saturated rings. The summed E-state index contributed by atoms with van der Waals surface area (Å²) in [4.78, 5) is 0. The van der Waals surface area contributed by atoms with Gasteiger partial charge in [-0.15, -0.1) is 0 Å². The average molecular weight is 195 g/mol. The highest BCUT2D eigenvalue weighted by molar-refractivity contribution is 4.88. The first-order chi connectivity index (χ1) is 5.91. The van der Waals surface area contributed by atoms with Crippen LogP contribution in [0.5, 0.6) is 0 Å². The van der Waals surface area contributed by atoms with Crippen molar-refractivity contribution in [2.45, 2.75) is 50.7 Å². The Morgan fingerprint density at radius 2 is 2.08 bits per heavy atom. The summed E-state index contributed by atoms with van der Waals surface area (Å²) in [6.07, 6.45) is -1.67. The van der Waals surface area contributed by atoms with Crippen molar-refractivity contribution in [3.63, 3.8) is 0 Å². The predicted octanol–water partition coefficient (Wildman–Crippen LogP) is 2.86. The van der Waals surface area contributed by atoms with E-state index >= 15 is 0 Å². The van der Waals surface area contributed by atoms with Gasteiger partial charge in [-0.3, -0.25) is 0 Å². The Balaban J connectivity index is 2.18. The summed E-state index contributed by atoms with van der Waals surface area (Å²) in [5.74, 6) is 0. The zero-order valence-electron chi connectivity index (χ0n) is 7.88. The molecule has 1 N–H and O–H groups in total. The fraction of sp³-hybridized carbons (Fsp3) is 1.00. The van der Waals surface area contributed by atoms with Crippen LogP contribution in [0.4, 0.5) is 13.2 Å². The fourth-order valence-corrected chi connectivity index (χ4v) is 1.85. The van der Waals surface area contributed by atoms with E-state index < -0.39 is 12.6 Å². The Morgan fingerprint density at radius 1 is 1.38 bits per heavy atom. The van der Waals surface area contributed by atoms with Crippen LogP contribution in [0.3, 0.4) is 0 Å². The molecule has 0 radical (unpaired) electrons. The quantitative estimate of drug-likeness (QED) is 0.730. The van der Waals surface area contributed by atoms with Crippen molar-refractivity contribution in [3.05, 3.63) is 0 Å². The lowest BCUT2D eigenvalue weighted by molar-refractivity contribution is -0.136. The topological polar surface area (TPSA) is 12.0 Å². The van der Waals surface area contributed by atoms with E-state index in [-0.39, 0.29) is 12.0 Å². The van der Waals surface area contributed by atoms with Crippen molar-refractivity contribution in [1.82, 2.24) is 5.32 Å². The summed E-state index contributed by atoms with van der Waals surface area (Å²) < 4.78 is 35.5. The minimum atomic E-state index is -3.99. The number of hydrogen-bond donors (Lipinski definition) is 1. The molecular formula is C9H16F3N. The summed E-state index contributed by atoms with van der Waals surface area (Å²) >= 11 is 0. The Hall–Kier alpha value is -0.250. The second-order valence-corrected chi connectivity index (χ2v) is 4.06. The lowest BCUT2D eigenvalue weighted by atomic mass is 9.93. The highest BCUT2D eigenvalue weighted by Gasteiger charge is 2.31. The Labute approximate surface area is 76.7 Å². The maximum Gasteiger partial charge on any atom is 0.389 e. The second kappa shape index (κ2) is 3.86. The van der Waals surface area contributed by atoms with E-state index in [9.17, 15) is 13.2 Å². The van der Waals surface area contributed by atoms with Gasteiger partial charge < -0.3 is 5.32 Å². The minimum Gasteiger partial charge on any atom is -0.312 e. The van der Waals surface area contributed by atoms with Crippen molar-refractivity contribution in [2.24, 2.45) is 0 Å². The highest BCUT2D eigenvalue weighted by atomic mass is 19.4. The lowest BCUT2D eigenvalue weighted by Gasteiger charge is -2.24. The number of hydrogen-bond acceptors (Lipinski definition) is 1. The van der Waals surface area contributed by atoms with Crippen LogP contribution < -0.4 is 5.32 Å². The van der Waals surface area contributed by atoms with E-state index in [2.05, 4.69) is 5.32 Å². The van der Waals surface area contributed by atoms with E-state index in [1.165, 1.54) is 0 Å². The molecule has 0 aromatic heterocycles. The highest BCUT2D eigenvalue weighted by Crippen LogP contribution is 2.28. The predicted molar refractivity (Wildman–Crippen MR) is 45.5 cm³/mol. The minimum absolute atomic E-state index is 0.0365. The SMILES string of the molecule is CC1(CCCC(F)(F)F)CCCN1. The van der Waals surface area contributed by atoms with Crippen LogP contribution in [-0.4, -0.2) is 18.3 Å². The molecule has 1 aliphatic rings. The van der Waals surface area contributed by atoms with Crippen molar-refractivity contribution in [3.8, 4) is 0 Å². The maximum atomic E-state index is 11.8. The zero-order valence-corrected chi connectivity index (χ0v) is 7.88. The Kier molecular flexibility index (Phi) is 3.22. The second-order valence-electron chi connectivity index (χ2n) is 4.06. The lowest BCUT2D eigenvalue weighted by Crippen LogP contribution is -2.36. The zero-order chi connectivity index (χ0) is 9.95. The van der Waals surface area contributed by atoms with Gasteiger partial charge in [0.15, 0.2) is 0 Å². The summed E-state index contributed by atoms with van der Waals surface area (Å²) in [5.41, 5.74) is -0.0365. The van der Waals surface area contributed by atoms with Gasteiger partial charge in [-0.2, -0.15) is 13.2 Å². The molecule has 0 aliphatic carbocycles. The molecule has 1 unspecified atom stereocenters. The van der Waals surface area contributed by atoms with E-state index in [4.69, 9.17) is 0 Å². The van der Waals surface area contributed by atoms with E-state index in [0.717, 1.165) is 19.4 Å². The summed E-state index contributed by atoms with van der Waals surface area (Å²) in [6.45, 7) is 2.96. The van der Waals surface area contributed by atoms with Crippen LogP contribution in [0.1, 0.15) is 39.0 Å². The maximum absolute atomic E-state index is 11.8. The van der Waals surface area contributed by atoms with Gasteiger partial charge in [0.05, 0.1) is 0 Å². The third-order valence-corrected chi connectivity index (χ3v) is 2.65. The first-order valence-electron chi connectivity index (χ1n) is 4.73. The van der Waals surface area contributed by atoms with Crippen LogP contribution >= 0.6 is 0 Å². The third kappa shape index (κ3) is 3.98. The first kappa shape index (κ1) is 10.8. The third-order valence-electron chi connectivity index (χ3n) is 2.65. The molecule has 1 rings (SSSR count). The molecule has 0 aromatic rings. The van der Waals surface area contributed by atoms with E-state index in [1.54, 1.807) is 0 Å². The molecule has 1 aliphatic heterocycles. The molecule has 0 aromatic carbocycles. The summed E-state index contributed by atoms with van der Waals surface area (Å²) in [7, 11) is 0. The number of halogens is 3. The molecule has 0 amide bonds. The normalized spacial score (nSPS) is 29.5. The number of rotatable bonds is 3. The molecule has 0 bridgehead atoms. The van der Waals surface area contributed by atoms with Gasteiger partial charge in [0.2, 0.25) is 0 Å². The van der Waals surface area contributed by atoms with E-state index in [0.29, 0.717) is 6.42 Å². The molecule has 13 heavy (non-hydrogen) atoms. The van der Waals surface area contributed by atoms with Crippen LogP contribution in [-0.2, 0) is 0 Å². The van der Waals surface area contributed by atoms with Gasteiger partial charge in [-0.25, -0.2) is 0 Å². The standard InChI is InChI=1S/C9H16F3N/c1-8(5-3-7-13-8)4-2-6-9(10,11)12/h13H,2-7H2,1H3. The van der Waals surface area contributed by atoms with Gasteiger partial charge >= 0.3 is 6.18 Å². The van der Waals surface area contributed by atoms with Crippen LogP contribution in [0.25, 0.3) is 0 Å². The van der Waals surface area contributed by atoms with Crippen LogP contribution in [0.2, 0.25) is 0 Å². The molecule has 1 heterocycles. The van der Waals surface area contributed by atoms with Crippen molar-refractivity contribution >= 4 is 0 Å². The fourth-order valence-electron chi connectivity index (χ4n) is 1.85. The van der Waals surface area contributed by atoms with E-state index in [1.807, 2.05) is 6.92 Å². The summed E-state index contributed by atoms with van der Waals surface area (Å²) in [5, 5.41) is 3.25. The molecule has 1 atom stereocenters. The van der Waals surface area contributed by atoms with Crippen molar-refractivity contribution in [2.75, 3.05) is 6.54 Å². The largest absolute Gasteiger partial charge is 0.389 e. The Bertz CT molecular complexity index is 159. The summed E-state index contributed by atoms with van der Waals surface area (Å²) in [6, 6.07) is 0. The van der Waals surface area contributed by atoms with Crippen molar-refractivity contribution < 1.29 is 13.2 Å².